The number of carbonyl (C=O) groups is 2. The third-order valence-electron chi connectivity index (χ3n) is 5.36. The van der Waals surface area contributed by atoms with Crippen molar-refractivity contribution in [2.45, 2.75) is 38.6 Å². The summed E-state index contributed by atoms with van der Waals surface area (Å²) in [5.74, 6) is 1.67. The van der Waals surface area contributed by atoms with Gasteiger partial charge in [0.15, 0.2) is 0 Å². The van der Waals surface area contributed by atoms with E-state index in [2.05, 4.69) is 5.32 Å². The molecule has 30 heavy (non-hydrogen) atoms. The average molecular weight is 411 g/mol. The first-order valence-electron chi connectivity index (χ1n) is 10.5. The number of nitrogens with one attached hydrogen (secondary N) is 1. The predicted octanol–water partition coefficient (Wildman–Crippen LogP) is 3.45. The molecule has 2 aromatic carbocycles. The van der Waals surface area contributed by atoms with Crippen molar-refractivity contribution in [2.75, 3.05) is 26.8 Å². The number of ether oxygens (including phenoxy) is 2. The third-order valence-corrected chi connectivity index (χ3v) is 5.36. The molecule has 2 aromatic rings. The summed E-state index contributed by atoms with van der Waals surface area (Å²) >= 11 is 0. The molecule has 160 valence electrons. The van der Waals surface area contributed by atoms with Crippen LogP contribution in [0.2, 0.25) is 0 Å². The van der Waals surface area contributed by atoms with Gasteiger partial charge in [-0.2, -0.15) is 0 Å². The molecule has 1 fully saturated rings. The molecule has 0 bridgehead atoms. The van der Waals surface area contributed by atoms with E-state index >= 15 is 0 Å². The zero-order valence-corrected chi connectivity index (χ0v) is 17.7. The van der Waals surface area contributed by atoms with E-state index in [-0.39, 0.29) is 17.9 Å². The van der Waals surface area contributed by atoms with Crippen LogP contribution in [0.5, 0.6) is 11.5 Å². The second-order valence-corrected chi connectivity index (χ2v) is 7.44. The largest absolute Gasteiger partial charge is 0.497 e. The molecular formula is C24H30N2O4. The number of rotatable bonds is 8. The monoisotopic (exact) mass is 410 g/mol. The van der Waals surface area contributed by atoms with Crippen LogP contribution in [0.4, 0.5) is 0 Å². The first-order chi connectivity index (χ1) is 14.6. The van der Waals surface area contributed by atoms with E-state index in [0.29, 0.717) is 38.1 Å². The van der Waals surface area contributed by atoms with Crippen molar-refractivity contribution in [1.82, 2.24) is 10.2 Å². The molecule has 3 rings (SSSR count). The van der Waals surface area contributed by atoms with Crippen LogP contribution in [0.25, 0.3) is 0 Å². The Kier molecular flexibility index (Phi) is 7.71. The van der Waals surface area contributed by atoms with Gasteiger partial charge < -0.3 is 19.7 Å². The fourth-order valence-corrected chi connectivity index (χ4v) is 3.62. The average Bonchev–Trinajstić information content (AvgIpc) is 2.79. The van der Waals surface area contributed by atoms with Crippen molar-refractivity contribution >= 4 is 11.8 Å². The Morgan fingerprint density at radius 2 is 1.63 bits per heavy atom. The number of amides is 2. The van der Waals surface area contributed by atoms with E-state index in [9.17, 15) is 9.59 Å². The highest BCUT2D eigenvalue weighted by molar-refractivity contribution is 5.94. The van der Waals surface area contributed by atoms with E-state index in [1.165, 1.54) is 0 Å². The van der Waals surface area contributed by atoms with Crippen LogP contribution in [0.3, 0.4) is 0 Å². The van der Waals surface area contributed by atoms with Gasteiger partial charge in [0.2, 0.25) is 5.91 Å². The lowest BCUT2D eigenvalue weighted by Crippen LogP contribution is -2.46. The molecule has 1 N–H and O–H groups in total. The van der Waals surface area contributed by atoms with Crippen LogP contribution >= 0.6 is 0 Å². The maximum Gasteiger partial charge on any atom is 0.253 e. The van der Waals surface area contributed by atoms with Crippen molar-refractivity contribution in [3.05, 3.63) is 59.7 Å². The van der Waals surface area contributed by atoms with Crippen molar-refractivity contribution in [1.29, 1.82) is 0 Å². The van der Waals surface area contributed by atoms with Gasteiger partial charge in [0.1, 0.15) is 11.5 Å². The Morgan fingerprint density at radius 1 is 1.00 bits per heavy atom. The van der Waals surface area contributed by atoms with Crippen molar-refractivity contribution in [3.63, 3.8) is 0 Å². The highest BCUT2D eigenvalue weighted by atomic mass is 16.5. The van der Waals surface area contributed by atoms with Crippen molar-refractivity contribution < 1.29 is 19.1 Å². The number of nitrogens with zero attached hydrogens (tertiary/aromatic N) is 1. The lowest BCUT2D eigenvalue weighted by molar-refractivity contribution is -0.122. The zero-order chi connectivity index (χ0) is 21.3. The number of methoxy groups -OCH3 is 1. The van der Waals surface area contributed by atoms with E-state index in [0.717, 1.165) is 29.9 Å². The number of hydrogen-bond acceptors (Lipinski definition) is 4. The molecule has 2 amide bonds. The van der Waals surface area contributed by atoms with Crippen molar-refractivity contribution in [3.8, 4) is 11.5 Å². The van der Waals surface area contributed by atoms with Crippen LogP contribution < -0.4 is 14.8 Å². The summed E-state index contributed by atoms with van der Waals surface area (Å²) in [6, 6.07) is 15.2. The number of benzene rings is 2. The first-order valence-corrected chi connectivity index (χ1v) is 10.5. The Balaban J connectivity index is 1.41. The fourth-order valence-electron chi connectivity index (χ4n) is 3.62. The van der Waals surface area contributed by atoms with Gasteiger partial charge in [-0.3, -0.25) is 9.59 Å². The van der Waals surface area contributed by atoms with Gasteiger partial charge in [-0.1, -0.05) is 12.1 Å². The third kappa shape index (κ3) is 5.99. The molecule has 0 atom stereocenters. The molecule has 0 aromatic heterocycles. The molecular weight excluding hydrogens is 380 g/mol. The van der Waals surface area contributed by atoms with E-state index in [4.69, 9.17) is 9.47 Å². The maximum absolute atomic E-state index is 12.7. The molecule has 1 heterocycles. The van der Waals surface area contributed by atoms with Crippen LogP contribution in [0, 0.1) is 0 Å². The molecule has 0 saturated carbocycles. The lowest BCUT2D eigenvalue weighted by atomic mass is 10.0. The fraction of sp³-hybridized carbons (Fsp3) is 0.417. The van der Waals surface area contributed by atoms with Gasteiger partial charge in [-0.05, 0) is 68.1 Å². The van der Waals surface area contributed by atoms with E-state index in [1.54, 1.807) is 19.2 Å². The van der Waals surface area contributed by atoms with Crippen molar-refractivity contribution in [2.24, 2.45) is 0 Å². The van der Waals surface area contributed by atoms with Gasteiger partial charge >= 0.3 is 0 Å². The Morgan fingerprint density at radius 3 is 2.23 bits per heavy atom. The number of likely N-dealkylation sites (tertiary alicyclic amines) is 1. The molecule has 0 unspecified atom stereocenters. The summed E-state index contributed by atoms with van der Waals surface area (Å²) in [7, 11) is 1.64. The minimum absolute atomic E-state index is 0.0299. The molecule has 6 nitrogen and oxygen atoms in total. The SMILES string of the molecule is CCOc1ccc(C(=O)N2CCC(NC(=O)CCc3ccc(OC)cc3)CC2)cc1. The van der Waals surface area contributed by atoms with Gasteiger partial charge in [0.25, 0.3) is 5.91 Å². The smallest absolute Gasteiger partial charge is 0.253 e. The van der Waals surface area contributed by atoms with Crippen LogP contribution in [0.1, 0.15) is 42.1 Å². The second kappa shape index (κ2) is 10.7. The molecule has 1 aliphatic rings. The summed E-state index contributed by atoms with van der Waals surface area (Å²) in [6.45, 7) is 3.83. The lowest BCUT2D eigenvalue weighted by Gasteiger charge is -2.32. The van der Waals surface area contributed by atoms with Crippen LogP contribution in [-0.2, 0) is 11.2 Å². The Bertz CT molecular complexity index is 825. The van der Waals surface area contributed by atoms with Gasteiger partial charge in [0, 0.05) is 31.1 Å². The number of carbonyl (C=O) groups excluding carboxylic acids is 2. The topological polar surface area (TPSA) is 67.9 Å². The quantitative estimate of drug-likeness (QED) is 0.724. The predicted molar refractivity (Wildman–Crippen MR) is 116 cm³/mol. The summed E-state index contributed by atoms with van der Waals surface area (Å²) in [5, 5.41) is 3.11. The van der Waals surface area contributed by atoms with Gasteiger partial charge in [-0.25, -0.2) is 0 Å². The molecule has 0 spiro atoms. The minimum atomic E-state index is 0.0299. The summed E-state index contributed by atoms with van der Waals surface area (Å²) in [6.07, 6.45) is 2.71. The number of hydrogen-bond donors (Lipinski definition) is 1. The highest BCUT2D eigenvalue weighted by Gasteiger charge is 2.24. The van der Waals surface area contributed by atoms with Crippen LogP contribution in [0.15, 0.2) is 48.5 Å². The molecule has 1 aliphatic heterocycles. The molecule has 1 saturated heterocycles. The zero-order valence-electron chi connectivity index (χ0n) is 17.7. The molecule has 0 radical (unpaired) electrons. The minimum Gasteiger partial charge on any atom is -0.497 e. The Labute approximate surface area is 178 Å². The second-order valence-electron chi connectivity index (χ2n) is 7.44. The van der Waals surface area contributed by atoms with Crippen LogP contribution in [-0.4, -0.2) is 49.6 Å². The summed E-state index contributed by atoms with van der Waals surface area (Å²) in [4.78, 5) is 26.9. The van der Waals surface area contributed by atoms with E-state index < -0.39 is 0 Å². The number of aryl methyl sites for hydroxylation is 1. The van der Waals surface area contributed by atoms with Gasteiger partial charge in [0.05, 0.1) is 13.7 Å². The highest BCUT2D eigenvalue weighted by Crippen LogP contribution is 2.18. The Hall–Kier alpha value is -3.02. The maximum atomic E-state index is 12.7. The standard InChI is InChI=1S/C24H30N2O4/c1-3-30-22-11-7-19(8-12-22)24(28)26-16-14-20(15-17-26)25-23(27)13-6-18-4-9-21(29-2)10-5-18/h4-5,7-12,20H,3,6,13-17H2,1-2H3,(H,25,27). The summed E-state index contributed by atoms with van der Waals surface area (Å²) in [5.41, 5.74) is 1.78. The van der Waals surface area contributed by atoms with Gasteiger partial charge in [-0.15, -0.1) is 0 Å². The molecule has 6 heteroatoms. The first kappa shape index (κ1) is 21.7. The molecule has 0 aliphatic carbocycles. The summed E-state index contributed by atoms with van der Waals surface area (Å²) < 4.78 is 10.6. The normalized spacial score (nSPS) is 14.3. The number of piperidine rings is 1. The van der Waals surface area contributed by atoms with E-state index in [1.807, 2.05) is 48.2 Å².